The van der Waals surface area contributed by atoms with Crippen LogP contribution in [0.3, 0.4) is 0 Å². The highest BCUT2D eigenvalue weighted by Crippen LogP contribution is 2.41. The number of nitrogens with two attached hydrogens (primary N) is 1. The van der Waals surface area contributed by atoms with Crippen molar-refractivity contribution >= 4 is 6.09 Å². The molecule has 3 aromatic carbocycles. The van der Waals surface area contributed by atoms with Crippen molar-refractivity contribution in [2.24, 2.45) is 5.73 Å². The van der Waals surface area contributed by atoms with Gasteiger partial charge in [0.2, 0.25) is 0 Å². The van der Waals surface area contributed by atoms with Crippen LogP contribution in [0.25, 0.3) is 0 Å². The molecule has 3 nitrogen and oxygen atoms in total. The van der Waals surface area contributed by atoms with Crippen molar-refractivity contribution in [3.05, 3.63) is 107 Å². The van der Waals surface area contributed by atoms with Crippen LogP contribution in [0.1, 0.15) is 16.7 Å². The van der Waals surface area contributed by atoms with Crippen molar-refractivity contribution in [2.75, 3.05) is 0 Å². The fraction of sp³-hybridized carbons (Fsp3) is 0.0500. The average Bonchev–Trinajstić information content (AvgIpc) is 2.62. The Morgan fingerprint density at radius 3 is 1.96 bits per heavy atom. The summed E-state index contributed by atoms with van der Waals surface area (Å²) in [5.74, 6) is -1.03. The molecule has 1 unspecified atom stereocenters. The molecule has 0 saturated heterocycles. The zero-order valence-electron chi connectivity index (χ0n) is 13.2. The molecule has 0 radical (unpaired) electrons. The van der Waals surface area contributed by atoms with Gasteiger partial charge < -0.3 is 10.5 Å². The standard InChI is InChI=1S/C20H15F2NO2/c21-16-12-10-15(11-13-16)20(25-19(23)24,14-6-2-1-3-7-14)17-8-4-5-9-18(17)22/h1-13H,(H2,23,24). The predicted octanol–water partition coefficient (Wildman–Crippen LogP) is 4.35. The van der Waals surface area contributed by atoms with E-state index < -0.39 is 23.3 Å². The Bertz CT molecular complexity index is 882. The molecule has 0 aliphatic rings. The van der Waals surface area contributed by atoms with Crippen molar-refractivity contribution in [3.63, 3.8) is 0 Å². The maximum absolute atomic E-state index is 14.7. The van der Waals surface area contributed by atoms with E-state index >= 15 is 0 Å². The first kappa shape index (κ1) is 16.6. The Morgan fingerprint density at radius 1 is 0.800 bits per heavy atom. The van der Waals surface area contributed by atoms with Gasteiger partial charge in [0, 0.05) is 16.7 Å². The molecule has 1 amide bonds. The van der Waals surface area contributed by atoms with E-state index in [-0.39, 0.29) is 5.56 Å². The van der Waals surface area contributed by atoms with E-state index in [0.717, 1.165) is 0 Å². The first-order valence-electron chi connectivity index (χ1n) is 7.59. The monoisotopic (exact) mass is 339 g/mol. The van der Waals surface area contributed by atoms with Crippen LogP contribution in [0.15, 0.2) is 78.9 Å². The van der Waals surface area contributed by atoms with Crippen molar-refractivity contribution in [3.8, 4) is 0 Å². The maximum Gasteiger partial charge on any atom is 0.406 e. The van der Waals surface area contributed by atoms with Gasteiger partial charge in [-0.1, -0.05) is 60.7 Å². The number of rotatable bonds is 4. The third kappa shape index (κ3) is 3.08. The summed E-state index contributed by atoms with van der Waals surface area (Å²) in [6.07, 6.45) is -1.07. The van der Waals surface area contributed by atoms with Gasteiger partial charge in [-0.25, -0.2) is 13.6 Å². The van der Waals surface area contributed by atoms with E-state index in [9.17, 15) is 13.6 Å². The second-order valence-corrected chi connectivity index (χ2v) is 5.46. The molecule has 2 N–H and O–H groups in total. The number of carbonyl (C=O) groups excluding carboxylic acids is 1. The van der Waals surface area contributed by atoms with Crippen molar-refractivity contribution < 1.29 is 18.3 Å². The third-order valence-corrected chi connectivity index (χ3v) is 3.94. The number of hydrogen-bond donors (Lipinski definition) is 1. The fourth-order valence-electron chi connectivity index (χ4n) is 2.91. The topological polar surface area (TPSA) is 52.3 Å². The molecule has 25 heavy (non-hydrogen) atoms. The summed E-state index contributed by atoms with van der Waals surface area (Å²) >= 11 is 0. The van der Waals surface area contributed by atoms with Crippen LogP contribution in [0.5, 0.6) is 0 Å². The lowest BCUT2D eigenvalue weighted by Crippen LogP contribution is -2.38. The van der Waals surface area contributed by atoms with Crippen LogP contribution < -0.4 is 5.73 Å². The molecule has 1 atom stereocenters. The molecule has 0 saturated carbocycles. The van der Waals surface area contributed by atoms with E-state index in [2.05, 4.69) is 0 Å². The summed E-state index contributed by atoms with van der Waals surface area (Å²) in [7, 11) is 0. The molecular formula is C20H15F2NO2. The lowest BCUT2D eigenvalue weighted by Gasteiger charge is -2.34. The van der Waals surface area contributed by atoms with Crippen molar-refractivity contribution in [2.45, 2.75) is 5.60 Å². The molecule has 3 rings (SSSR count). The molecule has 126 valence electrons. The van der Waals surface area contributed by atoms with E-state index in [4.69, 9.17) is 10.5 Å². The van der Waals surface area contributed by atoms with Gasteiger partial charge in [-0.2, -0.15) is 0 Å². The van der Waals surface area contributed by atoms with Crippen LogP contribution in [0.4, 0.5) is 13.6 Å². The van der Waals surface area contributed by atoms with E-state index in [1.807, 2.05) is 0 Å². The van der Waals surface area contributed by atoms with Gasteiger partial charge >= 0.3 is 6.09 Å². The highest BCUT2D eigenvalue weighted by Gasteiger charge is 2.42. The van der Waals surface area contributed by atoms with Crippen molar-refractivity contribution in [1.82, 2.24) is 0 Å². The molecule has 0 aliphatic carbocycles. The zero-order valence-corrected chi connectivity index (χ0v) is 13.2. The highest BCUT2D eigenvalue weighted by atomic mass is 19.1. The molecule has 0 bridgehead atoms. The minimum absolute atomic E-state index is 0.103. The van der Waals surface area contributed by atoms with Gasteiger partial charge in [-0.05, 0) is 18.2 Å². The van der Waals surface area contributed by atoms with Gasteiger partial charge in [0.05, 0.1) is 0 Å². The van der Waals surface area contributed by atoms with E-state index in [1.165, 1.54) is 42.5 Å². The Hall–Kier alpha value is -3.21. The Labute approximate surface area is 143 Å². The Morgan fingerprint density at radius 2 is 1.36 bits per heavy atom. The smallest absolute Gasteiger partial charge is 0.406 e. The summed E-state index contributed by atoms with van der Waals surface area (Å²) in [5, 5.41) is 0. The highest BCUT2D eigenvalue weighted by molar-refractivity contribution is 5.68. The fourth-order valence-corrected chi connectivity index (χ4v) is 2.91. The summed E-state index contributed by atoms with van der Waals surface area (Å²) < 4.78 is 33.6. The molecule has 0 aliphatic heterocycles. The quantitative estimate of drug-likeness (QED) is 0.718. The van der Waals surface area contributed by atoms with Crippen LogP contribution in [0, 0.1) is 11.6 Å². The number of primary amides is 1. The van der Waals surface area contributed by atoms with Crippen molar-refractivity contribution in [1.29, 1.82) is 0 Å². The summed E-state index contributed by atoms with van der Waals surface area (Å²) in [6, 6.07) is 19.9. The minimum Gasteiger partial charge on any atom is -0.428 e. The molecular weight excluding hydrogens is 324 g/mol. The first-order valence-corrected chi connectivity index (χ1v) is 7.59. The maximum atomic E-state index is 14.7. The SMILES string of the molecule is NC(=O)OC(c1ccccc1)(c1ccc(F)cc1)c1ccccc1F. The number of amides is 1. The van der Waals surface area contributed by atoms with Crippen LogP contribution in [0.2, 0.25) is 0 Å². The van der Waals surface area contributed by atoms with Gasteiger partial charge in [0.15, 0.2) is 5.60 Å². The average molecular weight is 339 g/mol. The number of benzene rings is 3. The third-order valence-electron chi connectivity index (χ3n) is 3.94. The summed E-state index contributed by atoms with van der Waals surface area (Å²) in [5.41, 5.74) is 4.65. The molecule has 0 aromatic heterocycles. The second-order valence-electron chi connectivity index (χ2n) is 5.46. The zero-order chi connectivity index (χ0) is 17.9. The minimum atomic E-state index is -1.63. The van der Waals surface area contributed by atoms with Gasteiger partial charge in [-0.3, -0.25) is 0 Å². The normalized spacial score (nSPS) is 13.0. The van der Waals surface area contributed by atoms with E-state index in [1.54, 1.807) is 36.4 Å². The second kappa shape index (κ2) is 6.73. The Kier molecular flexibility index (Phi) is 4.48. The number of halogens is 2. The molecule has 3 aromatic rings. The number of ether oxygens (including phenoxy) is 1. The number of carbonyl (C=O) groups is 1. The number of hydrogen-bond acceptors (Lipinski definition) is 2. The van der Waals surface area contributed by atoms with Gasteiger partial charge in [0.25, 0.3) is 0 Å². The van der Waals surface area contributed by atoms with Crippen LogP contribution in [-0.2, 0) is 10.3 Å². The van der Waals surface area contributed by atoms with Crippen LogP contribution in [-0.4, -0.2) is 6.09 Å². The first-order chi connectivity index (χ1) is 12.0. The lowest BCUT2D eigenvalue weighted by atomic mass is 9.80. The van der Waals surface area contributed by atoms with Gasteiger partial charge in [0.1, 0.15) is 11.6 Å². The summed E-state index contributed by atoms with van der Waals surface area (Å²) in [6.45, 7) is 0. The van der Waals surface area contributed by atoms with Crippen LogP contribution >= 0.6 is 0 Å². The molecule has 0 spiro atoms. The van der Waals surface area contributed by atoms with E-state index in [0.29, 0.717) is 11.1 Å². The van der Waals surface area contributed by atoms with Gasteiger partial charge in [-0.15, -0.1) is 0 Å². The molecule has 5 heteroatoms. The lowest BCUT2D eigenvalue weighted by molar-refractivity contribution is 0.0722. The molecule has 0 heterocycles. The predicted molar refractivity (Wildman–Crippen MR) is 89.8 cm³/mol. The molecule has 0 fully saturated rings. The largest absolute Gasteiger partial charge is 0.428 e. The summed E-state index contributed by atoms with van der Waals surface area (Å²) in [4.78, 5) is 11.7. The Balaban J connectivity index is 2.37.